The summed E-state index contributed by atoms with van der Waals surface area (Å²) in [4.78, 5) is 46.4. The van der Waals surface area contributed by atoms with Crippen molar-refractivity contribution < 1.29 is 32.1 Å². The van der Waals surface area contributed by atoms with Crippen molar-refractivity contribution in [3.8, 4) is 5.75 Å². The Labute approximate surface area is 341 Å². The fraction of sp³-hybridized carbons (Fsp3) is 0.405. The lowest BCUT2D eigenvalue weighted by molar-refractivity contribution is -0.136. The van der Waals surface area contributed by atoms with E-state index in [2.05, 4.69) is 41.1 Å². The number of fused-ring (bicyclic) bond motifs is 3. The molecule has 0 spiro atoms. The third-order valence-electron chi connectivity index (χ3n) is 12.7. The summed E-state index contributed by atoms with van der Waals surface area (Å²) in [6.45, 7) is 7.55. The fourth-order valence-electron chi connectivity index (χ4n) is 9.82. The first-order valence-electron chi connectivity index (χ1n) is 20.1. The minimum atomic E-state index is -4.01. The number of imide groups is 1. The zero-order valence-electron chi connectivity index (χ0n) is 32.6. The summed E-state index contributed by atoms with van der Waals surface area (Å²) in [6.07, 6.45) is 5.24. The Morgan fingerprint density at radius 1 is 0.932 bits per heavy atom. The molecule has 4 fully saturated rings. The first kappa shape index (κ1) is 37.3. The normalized spacial score (nSPS) is 23.3. The van der Waals surface area contributed by atoms with E-state index in [4.69, 9.17) is 9.26 Å². The van der Waals surface area contributed by atoms with Crippen LogP contribution in [0.1, 0.15) is 40.7 Å². The number of rotatable bonds is 11. The van der Waals surface area contributed by atoms with E-state index in [0.717, 1.165) is 74.7 Å². The summed E-state index contributed by atoms with van der Waals surface area (Å²) in [5.41, 5.74) is 4.81. The summed E-state index contributed by atoms with van der Waals surface area (Å²) >= 11 is 0. The van der Waals surface area contributed by atoms with Gasteiger partial charge in [-0.3, -0.25) is 29.1 Å². The van der Waals surface area contributed by atoms with Gasteiger partial charge in [0.15, 0.2) is 11.4 Å². The highest BCUT2D eigenvalue weighted by atomic mass is 32.2. The maximum atomic E-state index is 13.7. The molecule has 4 saturated heterocycles. The topological polar surface area (TPSA) is 175 Å². The average Bonchev–Trinajstić information content (AvgIpc) is 4.09. The SMILES string of the molecule is COc1cc(Cn2cccn2)cc2onc(NS(=O)(=O)c3cccc(N4C[C@@H]5CN(CC6CCN(c7ccc8c(c7)CN(C7CCC(=O)NC7=O)C8=O)C6)C[C@H]5C4)c3)c12. The molecule has 2 unspecified atom stereocenters. The lowest BCUT2D eigenvalue weighted by Gasteiger charge is -2.29. The number of nitrogens with one attached hydrogen (secondary N) is 2. The van der Waals surface area contributed by atoms with Gasteiger partial charge in [-0.15, -0.1) is 0 Å². The minimum Gasteiger partial charge on any atom is -0.496 e. The third kappa shape index (κ3) is 7.05. The molecular weight excluding hydrogens is 775 g/mol. The number of likely N-dealkylation sites (tertiary alicyclic amines) is 1. The van der Waals surface area contributed by atoms with Crippen LogP contribution in [0.2, 0.25) is 0 Å². The van der Waals surface area contributed by atoms with Crippen LogP contribution in [0, 0.1) is 17.8 Å². The van der Waals surface area contributed by atoms with Gasteiger partial charge in [-0.05, 0) is 96.3 Å². The Morgan fingerprint density at radius 2 is 1.76 bits per heavy atom. The number of carbonyl (C=O) groups excluding carboxylic acids is 3. The van der Waals surface area contributed by atoms with Gasteiger partial charge in [0.1, 0.15) is 17.2 Å². The Balaban J connectivity index is 0.740. The molecule has 0 saturated carbocycles. The molecule has 10 rings (SSSR count). The number of aromatic nitrogens is 3. The van der Waals surface area contributed by atoms with Crippen LogP contribution in [0.3, 0.4) is 0 Å². The second kappa shape index (κ2) is 14.7. The molecule has 59 heavy (non-hydrogen) atoms. The van der Waals surface area contributed by atoms with E-state index in [0.29, 0.717) is 59.5 Å². The van der Waals surface area contributed by atoms with E-state index in [1.54, 1.807) is 40.0 Å². The van der Waals surface area contributed by atoms with Gasteiger partial charge in [0.25, 0.3) is 15.9 Å². The van der Waals surface area contributed by atoms with Crippen molar-refractivity contribution in [3.63, 3.8) is 0 Å². The standard InChI is InChI=1S/C42H45N9O7S/c1-57-36-14-27(20-50-12-3-11-43-50)15-37-39(36)40(45-58-37)46-59(55,56)33-5-2-4-31(17-33)49-23-29-21-47(22-30(29)24-49)18-26-10-13-48(19-26)32-6-7-34-28(16-32)25-51(42(34)54)35-8-9-38(52)44-41(35)53/h2-7,11-12,14-17,26,29-30,35H,8-10,13,18-25H2,1H3,(H,45,46)(H,44,52,53)/t26?,29-,30-,35?/m0/s1. The Bertz CT molecular complexity index is 2560. The third-order valence-corrected chi connectivity index (χ3v) is 14.0. The van der Waals surface area contributed by atoms with Gasteiger partial charge < -0.3 is 28.9 Å². The molecule has 17 heteroatoms. The highest BCUT2D eigenvalue weighted by Crippen LogP contribution is 2.38. The largest absolute Gasteiger partial charge is 0.496 e. The molecule has 7 heterocycles. The molecule has 0 aliphatic carbocycles. The van der Waals surface area contributed by atoms with Crippen LogP contribution in [0.5, 0.6) is 5.75 Å². The Hall–Kier alpha value is -5.94. The van der Waals surface area contributed by atoms with Crippen LogP contribution in [-0.2, 0) is 32.7 Å². The Kier molecular flexibility index (Phi) is 9.31. The first-order chi connectivity index (χ1) is 28.6. The van der Waals surface area contributed by atoms with Gasteiger partial charge in [-0.2, -0.15) is 5.10 Å². The first-order valence-corrected chi connectivity index (χ1v) is 21.6. The molecule has 5 aliphatic heterocycles. The molecular formula is C42H45N9O7S. The average molecular weight is 820 g/mol. The number of sulfonamides is 1. The fourth-order valence-corrected chi connectivity index (χ4v) is 10.9. The molecule has 3 amide bonds. The van der Waals surface area contributed by atoms with Gasteiger partial charge in [0, 0.05) is 88.1 Å². The molecule has 306 valence electrons. The van der Waals surface area contributed by atoms with E-state index in [9.17, 15) is 22.8 Å². The lowest BCUT2D eigenvalue weighted by Crippen LogP contribution is -2.52. The van der Waals surface area contributed by atoms with Gasteiger partial charge in [0.2, 0.25) is 11.8 Å². The number of piperidine rings is 1. The molecule has 2 aromatic heterocycles. The predicted molar refractivity (Wildman–Crippen MR) is 218 cm³/mol. The van der Waals surface area contributed by atoms with Crippen molar-refractivity contribution in [2.24, 2.45) is 17.8 Å². The van der Waals surface area contributed by atoms with Crippen molar-refractivity contribution in [2.45, 2.75) is 43.3 Å². The van der Waals surface area contributed by atoms with Gasteiger partial charge in [-0.1, -0.05) is 11.2 Å². The van der Waals surface area contributed by atoms with Crippen LogP contribution < -0.4 is 24.6 Å². The molecule has 3 aromatic carbocycles. The quantitative estimate of drug-likeness (QED) is 0.186. The smallest absolute Gasteiger partial charge is 0.263 e. The number of benzene rings is 3. The Morgan fingerprint density at radius 3 is 2.54 bits per heavy atom. The number of hydrogen-bond donors (Lipinski definition) is 2. The van der Waals surface area contributed by atoms with Crippen molar-refractivity contribution >= 4 is 55.9 Å². The number of anilines is 3. The second-order valence-corrected chi connectivity index (χ2v) is 18.2. The summed E-state index contributed by atoms with van der Waals surface area (Å²) in [6, 6.07) is 17.9. The summed E-state index contributed by atoms with van der Waals surface area (Å²) in [5.74, 6) is 1.21. The maximum Gasteiger partial charge on any atom is 0.263 e. The highest BCUT2D eigenvalue weighted by Gasteiger charge is 2.42. The number of ether oxygens (including phenoxy) is 1. The zero-order valence-corrected chi connectivity index (χ0v) is 33.4. The van der Waals surface area contributed by atoms with Crippen LogP contribution >= 0.6 is 0 Å². The minimum absolute atomic E-state index is 0.0659. The second-order valence-electron chi connectivity index (χ2n) is 16.5. The van der Waals surface area contributed by atoms with E-state index in [1.165, 1.54) is 7.11 Å². The van der Waals surface area contributed by atoms with Crippen molar-refractivity contribution in [1.29, 1.82) is 0 Å². The molecule has 5 aliphatic rings. The van der Waals surface area contributed by atoms with Crippen LogP contribution in [0.4, 0.5) is 17.2 Å². The molecule has 0 radical (unpaired) electrons. The summed E-state index contributed by atoms with van der Waals surface area (Å²) < 4.78 is 43.1. The van der Waals surface area contributed by atoms with Crippen molar-refractivity contribution in [3.05, 3.63) is 89.7 Å². The maximum absolute atomic E-state index is 13.7. The zero-order chi connectivity index (χ0) is 40.4. The van der Waals surface area contributed by atoms with E-state index in [1.807, 2.05) is 36.5 Å². The van der Waals surface area contributed by atoms with Crippen molar-refractivity contribution in [2.75, 3.05) is 67.4 Å². The molecule has 5 aromatic rings. The molecule has 2 N–H and O–H groups in total. The number of carbonyl (C=O) groups is 3. The van der Waals surface area contributed by atoms with Crippen molar-refractivity contribution in [1.82, 2.24) is 30.1 Å². The number of hydrogen-bond acceptors (Lipinski definition) is 12. The molecule has 0 bridgehead atoms. The highest BCUT2D eigenvalue weighted by molar-refractivity contribution is 7.92. The number of methoxy groups -OCH3 is 1. The van der Waals surface area contributed by atoms with E-state index in [-0.39, 0.29) is 28.9 Å². The van der Waals surface area contributed by atoms with E-state index >= 15 is 0 Å². The summed E-state index contributed by atoms with van der Waals surface area (Å²) in [7, 11) is -2.48. The number of nitrogens with zero attached hydrogens (tertiary/aromatic N) is 7. The molecule has 4 atom stereocenters. The van der Waals surface area contributed by atoms with Crippen LogP contribution in [0.25, 0.3) is 11.0 Å². The number of amides is 3. The summed E-state index contributed by atoms with van der Waals surface area (Å²) in [5, 5.41) is 11.1. The molecule has 16 nitrogen and oxygen atoms in total. The van der Waals surface area contributed by atoms with Gasteiger partial charge in [-0.25, -0.2) is 8.42 Å². The van der Waals surface area contributed by atoms with Gasteiger partial charge >= 0.3 is 0 Å². The van der Waals surface area contributed by atoms with Gasteiger partial charge in [0.05, 0.1) is 18.6 Å². The predicted octanol–water partition coefficient (Wildman–Crippen LogP) is 3.54. The van der Waals surface area contributed by atoms with Crippen LogP contribution in [-0.4, -0.2) is 110 Å². The van der Waals surface area contributed by atoms with E-state index < -0.39 is 22.0 Å². The van der Waals surface area contributed by atoms with Crippen LogP contribution in [0.15, 0.2) is 82.5 Å². The monoisotopic (exact) mass is 819 g/mol. The lowest BCUT2D eigenvalue weighted by atomic mass is 10.0.